The zero-order valence-electron chi connectivity index (χ0n) is 16.2. The maximum atomic E-state index is 12.3. The molecule has 3 aromatic rings. The summed E-state index contributed by atoms with van der Waals surface area (Å²) in [6, 6.07) is 22.8. The van der Waals surface area contributed by atoms with E-state index >= 15 is 0 Å². The summed E-state index contributed by atoms with van der Waals surface area (Å²) in [7, 11) is 1.60. The van der Waals surface area contributed by atoms with Gasteiger partial charge >= 0.3 is 0 Å². The van der Waals surface area contributed by atoms with Crippen LogP contribution in [0, 0.1) is 0 Å². The van der Waals surface area contributed by atoms with Crippen molar-refractivity contribution in [2.75, 3.05) is 7.11 Å². The molecule has 0 spiro atoms. The summed E-state index contributed by atoms with van der Waals surface area (Å²) in [6.45, 7) is 0. The molecule has 0 atom stereocenters. The number of hydrogen-bond acceptors (Lipinski definition) is 4. The summed E-state index contributed by atoms with van der Waals surface area (Å²) in [6.07, 6.45) is 5.25. The van der Waals surface area contributed by atoms with Gasteiger partial charge in [-0.25, -0.2) is 0 Å². The van der Waals surface area contributed by atoms with Crippen molar-refractivity contribution in [1.29, 1.82) is 0 Å². The summed E-state index contributed by atoms with van der Waals surface area (Å²) < 4.78 is 5.11. The van der Waals surface area contributed by atoms with Gasteiger partial charge in [-0.2, -0.15) is 0 Å². The monoisotopic (exact) mass is 383 g/mol. The first-order valence-electron chi connectivity index (χ1n) is 9.51. The molecule has 0 aliphatic heterocycles. The van der Waals surface area contributed by atoms with Crippen molar-refractivity contribution in [3.05, 3.63) is 101 Å². The number of nitrogens with zero attached hydrogens (tertiary/aromatic N) is 1. The van der Waals surface area contributed by atoms with Crippen LogP contribution in [0.2, 0.25) is 0 Å². The maximum absolute atomic E-state index is 12.3. The van der Waals surface area contributed by atoms with Gasteiger partial charge in [0.25, 0.3) is 0 Å². The van der Waals surface area contributed by atoms with Crippen LogP contribution in [0.4, 0.5) is 0 Å². The lowest BCUT2D eigenvalue weighted by atomic mass is 10.1. The highest BCUT2D eigenvalue weighted by molar-refractivity contribution is 6.07. The van der Waals surface area contributed by atoms with E-state index in [-0.39, 0.29) is 5.78 Å². The topological polar surface area (TPSA) is 47.9 Å². The zero-order chi connectivity index (χ0) is 20.1. The first-order chi connectivity index (χ1) is 14.2. The molecule has 0 amide bonds. The van der Waals surface area contributed by atoms with Gasteiger partial charge in [0.15, 0.2) is 11.5 Å². The minimum absolute atomic E-state index is 0.0562. The molecular formula is C25H21NO3. The number of carbonyl (C=O) groups is 1. The number of methoxy groups -OCH3 is 1. The summed E-state index contributed by atoms with van der Waals surface area (Å²) in [4.78, 5) is 17.9. The van der Waals surface area contributed by atoms with E-state index in [1.165, 1.54) is 11.1 Å². The second kappa shape index (κ2) is 8.57. The van der Waals surface area contributed by atoms with Crippen LogP contribution in [0.5, 0.6) is 11.5 Å². The average Bonchev–Trinajstić information content (AvgIpc) is 3.20. The summed E-state index contributed by atoms with van der Waals surface area (Å²) in [5, 5.41) is 4.33. The van der Waals surface area contributed by atoms with Crippen molar-refractivity contribution >= 4 is 17.6 Å². The number of ether oxygens (including phenoxy) is 1. The molecule has 4 heteroatoms. The minimum Gasteiger partial charge on any atom is -0.497 e. The number of aryl methyl sites for hydroxylation is 1. The first-order valence-corrected chi connectivity index (χ1v) is 9.51. The van der Waals surface area contributed by atoms with Crippen molar-refractivity contribution in [3.63, 3.8) is 0 Å². The number of fused-ring (bicyclic) bond motifs is 1. The van der Waals surface area contributed by atoms with Crippen LogP contribution in [0.3, 0.4) is 0 Å². The van der Waals surface area contributed by atoms with E-state index in [1.54, 1.807) is 43.5 Å². The molecule has 0 heterocycles. The summed E-state index contributed by atoms with van der Waals surface area (Å²) in [5.41, 5.74) is 5.00. The van der Waals surface area contributed by atoms with Crippen LogP contribution in [-0.2, 0) is 6.42 Å². The van der Waals surface area contributed by atoms with Gasteiger partial charge in [0.2, 0.25) is 0 Å². The Morgan fingerprint density at radius 1 is 0.897 bits per heavy atom. The number of rotatable bonds is 6. The molecule has 0 saturated carbocycles. The number of carbonyl (C=O) groups excluding carboxylic acids is 1. The van der Waals surface area contributed by atoms with Crippen LogP contribution in [0.1, 0.15) is 33.5 Å². The first kappa shape index (κ1) is 18.7. The van der Waals surface area contributed by atoms with Crippen molar-refractivity contribution in [3.8, 4) is 11.5 Å². The zero-order valence-corrected chi connectivity index (χ0v) is 16.2. The van der Waals surface area contributed by atoms with Crippen LogP contribution < -0.4 is 9.57 Å². The largest absolute Gasteiger partial charge is 0.497 e. The van der Waals surface area contributed by atoms with E-state index in [2.05, 4.69) is 17.3 Å². The number of hydrogen-bond donors (Lipinski definition) is 0. The summed E-state index contributed by atoms with van der Waals surface area (Å²) >= 11 is 0. The van der Waals surface area contributed by atoms with Crippen LogP contribution in [-0.4, -0.2) is 18.6 Å². The Morgan fingerprint density at radius 3 is 2.38 bits per heavy atom. The molecule has 0 radical (unpaired) electrons. The molecule has 4 rings (SSSR count). The molecule has 0 bridgehead atoms. The van der Waals surface area contributed by atoms with E-state index < -0.39 is 0 Å². The van der Waals surface area contributed by atoms with E-state index in [4.69, 9.17) is 9.57 Å². The summed E-state index contributed by atoms with van der Waals surface area (Å²) in [5.74, 6) is 1.34. The number of allylic oxidation sites excluding steroid dienone is 1. The lowest BCUT2D eigenvalue weighted by Crippen LogP contribution is -1.97. The highest BCUT2D eigenvalue weighted by Gasteiger charge is 2.17. The standard InChI is InChI=1S/C25H21NO3/c1-28-21-14-9-20(10-15-21)25(27)17-8-18-6-12-22(13-7-18)29-26-24-16-11-19-4-2-3-5-23(19)24/h2-10,12-15,17H,11,16H2,1H3/b17-8+,26-24+. The van der Waals surface area contributed by atoms with Crippen LogP contribution in [0.25, 0.3) is 6.08 Å². The van der Waals surface area contributed by atoms with Gasteiger partial charge in [0.1, 0.15) is 5.75 Å². The van der Waals surface area contributed by atoms with Gasteiger partial charge in [-0.1, -0.05) is 47.6 Å². The molecule has 0 N–H and O–H groups in total. The third-order valence-electron chi connectivity index (χ3n) is 4.90. The molecule has 1 aliphatic carbocycles. The third-order valence-corrected chi connectivity index (χ3v) is 4.90. The van der Waals surface area contributed by atoms with Crippen LogP contribution >= 0.6 is 0 Å². The normalized spacial score (nSPS) is 14.2. The molecule has 0 fully saturated rings. The van der Waals surface area contributed by atoms with Crippen molar-refractivity contribution in [1.82, 2.24) is 0 Å². The van der Waals surface area contributed by atoms with Gasteiger partial charge < -0.3 is 9.57 Å². The van der Waals surface area contributed by atoms with Gasteiger partial charge in [0.05, 0.1) is 12.8 Å². The maximum Gasteiger partial charge on any atom is 0.185 e. The van der Waals surface area contributed by atoms with Crippen LogP contribution in [0.15, 0.2) is 84.0 Å². The smallest absolute Gasteiger partial charge is 0.185 e. The highest BCUT2D eigenvalue weighted by atomic mass is 16.6. The Bertz CT molecular complexity index is 1060. The molecule has 3 aromatic carbocycles. The van der Waals surface area contributed by atoms with Crippen molar-refractivity contribution in [2.24, 2.45) is 5.16 Å². The lowest BCUT2D eigenvalue weighted by molar-refractivity contribution is 0.104. The fraction of sp³-hybridized carbons (Fsp3) is 0.120. The van der Waals surface area contributed by atoms with Crippen molar-refractivity contribution < 1.29 is 14.4 Å². The second-order valence-electron chi connectivity index (χ2n) is 6.78. The molecule has 0 aromatic heterocycles. The molecule has 1 aliphatic rings. The van der Waals surface area contributed by atoms with E-state index in [9.17, 15) is 4.79 Å². The van der Waals surface area contributed by atoms with Gasteiger partial charge in [-0.05, 0) is 66.4 Å². The molecular weight excluding hydrogens is 362 g/mol. The predicted octanol–water partition coefficient (Wildman–Crippen LogP) is 5.32. The Kier molecular flexibility index (Phi) is 5.52. The quantitative estimate of drug-likeness (QED) is 0.329. The van der Waals surface area contributed by atoms with E-state index in [0.29, 0.717) is 11.3 Å². The minimum atomic E-state index is -0.0562. The van der Waals surface area contributed by atoms with Crippen molar-refractivity contribution in [2.45, 2.75) is 12.8 Å². The van der Waals surface area contributed by atoms with Gasteiger partial charge in [0, 0.05) is 11.1 Å². The predicted molar refractivity (Wildman–Crippen MR) is 115 cm³/mol. The fourth-order valence-corrected chi connectivity index (χ4v) is 3.27. The molecule has 0 unspecified atom stereocenters. The Labute approximate surface area is 170 Å². The Hall–Kier alpha value is -3.66. The average molecular weight is 383 g/mol. The number of oxime groups is 1. The van der Waals surface area contributed by atoms with E-state index in [1.807, 2.05) is 36.4 Å². The fourth-order valence-electron chi connectivity index (χ4n) is 3.27. The van der Waals surface area contributed by atoms with E-state index in [0.717, 1.165) is 29.9 Å². The van der Waals surface area contributed by atoms with Gasteiger partial charge in [-0.15, -0.1) is 0 Å². The number of ketones is 1. The molecule has 0 saturated heterocycles. The lowest BCUT2D eigenvalue weighted by Gasteiger charge is -2.02. The molecule has 29 heavy (non-hydrogen) atoms. The highest BCUT2D eigenvalue weighted by Crippen LogP contribution is 2.23. The molecule has 4 nitrogen and oxygen atoms in total. The Balaban J connectivity index is 1.38. The second-order valence-corrected chi connectivity index (χ2v) is 6.78. The SMILES string of the molecule is COc1ccc(C(=O)/C=C/c2ccc(O/N=C3\CCc4ccccc43)cc2)cc1. The molecule has 144 valence electrons. The third kappa shape index (κ3) is 4.43. The Morgan fingerprint density at radius 2 is 1.62 bits per heavy atom. The van der Waals surface area contributed by atoms with Gasteiger partial charge in [-0.3, -0.25) is 4.79 Å². The number of benzene rings is 3.